The van der Waals surface area contributed by atoms with E-state index in [9.17, 15) is 4.79 Å². The van der Waals surface area contributed by atoms with Crippen molar-refractivity contribution in [3.05, 3.63) is 23.3 Å². The number of nitrogens with zero attached hydrogens (tertiary/aromatic N) is 1. The highest BCUT2D eigenvalue weighted by atomic mass is 16.2. The van der Waals surface area contributed by atoms with Gasteiger partial charge >= 0.3 is 0 Å². The van der Waals surface area contributed by atoms with Crippen molar-refractivity contribution in [1.82, 2.24) is 0 Å². The molecule has 1 amide bonds. The molecule has 17 heavy (non-hydrogen) atoms. The van der Waals surface area contributed by atoms with Crippen LogP contribution in [0.3, 0.4) is 0 Å². The van der Waals surface area contributed by atoms with Gasteiger partial charge in [0.05, 0.1) is 0 Å². The summed E-state index contributed by atoms with van der Waals surface area (Å²) in [4.78, 5) is 14.1. The van der Waals surface area contributed by atoms with Crippen LogP contribution in [0.25, 0.3) is 0 Å². The quantitative estimate of drug-likeness (QED) is 0.797. The first kappa shape index (κ1) is 12.0. The molecule has 0 saturated carbocycles. The maximum Gasteiger partial charge on any atom is 0.230 e. The van der Waals surface area contributed by atoms with E-state index in [0.717, 1.165) is 41.9 Å². The summed E-state index contributed by atoms with van der Waals surface area (Å²) in [7, 11) is 0. The summed E-state index contributed by atoms with van der Waals surface area (Å²) in [6, 6.07) is 3.98. The van der Waals surface area contributed by atoms with Crippen LogP contribution in [-0.2, 0) is 4.79 Å². The van der Waals surface area contributed by atoms with E-state index in [0.29, 0.717) is 0 Å². The molecule has 1 aromatic carbocycles. The van der Waals surface area contributed by atoms with Gasteiger partial charge in [0.15, 0.2) is 0 Å². The molecule has 1 aliphatic rings. The number of hydrogen-bond acceptors (Lipinski definition) is 2. The Morgan fingerprint density at radius 2 is 2.06 bits per heavy atom. The standard InChI is InChI=1S/C14H20N2O/c1-4-11-5-6-16(14(11)17)13-8-12(15)9(2)7-10(13)3/h7-8,11H,4-6,15H2,1-3H3. The van der Waals surface area contributed by atoms with Gasteiger partial charge in [0.1, 0.15) is 0 Å². The summed E-state index contributed by atoms with van der Waals surface area (Å²) >= 11 is 0. The van der Waals surface area contributed by atoms with Crippen molar-refractivity contribution in [1.29, 1.82) is 0 Å². The van der Waals surface area contributed by atoms with Crippen molar-refractivity contribution in [2.45, 2.75) is 33.6 Å². The lowest BCUT2D eigenvalue weighted by Crippen LogP contribution is -2.27. The van der Waals surface area contributed by atoms with Gasteiger partial charge in [0.25, 0.3) is 0 Å². The van der Waals surface area contributed by atoms with Crippen LogP contribution in [-0.4, -0.2) is 12.5 Å². The molecule has 3 nitrogen and oxygen atoms in total. The Kier molecular flexibility index (Phi) is 3.09. The summed E-state index contributed by atoms with van der Waals surface area (Å²) in [6.07, 6.45) is 1.89. The summed E-state index contributed by atoms with van der Waals surface area (Å²) in [5.41, 5.74) is 9.88. The first-order valence-electron chi connectivity index (χ1n) is 6.22. The Morgan fingerprint density at radius 1 is 1.35 bits per heavy atom. The van der Waals surface area contributed by atoms with Gasteiger partial charge in [-0.3, -0.25) is 4.79 Å². The molecule has 1 aliphatic heterocycles. The molecule has 92 valence electrons. The molecule has 1 aromatic rings. The van der Waals surface area contributed by atoms with E-state index in [2.05, 4.69) is 13.0 Å². The first-order valence-corrected chi connectivity index (χ1v) is 6.22. The van der Waals surface area contributed by atoms with E-state index in [1.807, 2.05) is 24.8 Å². The topological polar surface area (TPSA) is 46.3 Å². The number of aryl methyl sites for hydroxylation is 2. The highest BCUT2D eigenvalue weighted by Crippen LogP contribution is 2.31. The van der Waals surface area contributed by atoms with Gasteiger partial charge in [0.2, 0.25) is 5.91 Å². The highest BCUT2D eigenvalue weighted by molar-refractivity contribution is 5.98. The molecular formula is C14H20N2O. The van der Waals surface area contributed by atoms with Gasteiger partial charge in [-0.2, -0.15) is 0 Å². The van der Waals surface area contributed by atoms with Gasteiger partial charge < -0.3 is 10.6 Å². The number of benzene rings is 1. The summed E-state index contributed by atoms with van der Waals surface area (Å²) in [5.74, 6) is 0.441. The smallest absolute Gasteiger partial charge is 0.230 e. The maximum atomic E-state index is 12.2. The molecule has 0 radical (unpaired) electrons. The van der Waals surface area contributed by atoms with Crippen LogP contribution < -0.4 is 10.6 Å². The Balaban J connectivity index is 2.36. The number of nitrogen functional groups attached to an aromatic ring is 1. The molecule has 1 saturated heterocycles. The largest absolute Gasteiger partial charge is 0.398 e. The zero-order chi connectivity index (χ0) is 12.6. The average molecular weight is 232 g/mol. The third-order valence-corrected chi connectivity index (χ3v) is 3.68. The van der Waals surface area contributed by atoms with E-state index < -0.39 is 0 Å². The summed E-state index contributed by atoms with van der Waals surface area (Å²) < 4.78 is 0. The maximum absolute atomic E-state index is 12.2. The number of amides is 1. The lowest BCUT2D eigenvalue weighted by atomic mass is 10.1. The van der Waals surface area contributed by atoms with E-state index >= 15 is 0 Å². The fourth-order valence-corrected chi connectivity index (χ4v) is 2.50. The van der Waals surface area contributed by atoms with Crippen LogP contribution in [0.1, 0.15) is 30.9 Å². The minimum Gasteiger partial charge on any atom is -0.398 e. The molecule has 1 heterocycles. The molecule has 1 atom stereocenters. The molecule has 0 aromatic heterocycles. The number of hydrogen-bond donors (Lipinski definition) is 1. The van der Waals surface area contributed by atoms with Crippen molar-refractivity contribution in [2.24, 2.45) is 5.92 Å². The third kappa shape index (κ3) is 2.02. The number of nitrogens with two attached hydrogens (primary N) is 1. The Labute approximate surface area is 103 Å². The predicted octanol–water partition coefficient (Wildman–Crippen LogP) is 2.65. The molecule has 2 rings (SSSR count). The van der Waals surface area contributed by atoms with Crippen LogP contribution >= 0.6 is 0 Å². The van der Waals surface area contributed by atoms with E-state index in [1.54, 1.807) is 0 Å². The second-order valence-electron chi connectivity index (χ2n) is 4.88. The molecule has 0 aliphatic carbocycles. The van der Waals surface area contributed by atoms with Crippen molar-refractivity contribution < 1.29 is 4.79 Å². The molecule has 0 bridgehead atoms. The fraction of sp³-hybridized carbons (Fsp3) is 0.500. The molecule has 2 N–H and O–H groups in total. The van der Waals surface area contributed by atoms with Crippen molar-refractivity contribution in [3.8, 4) is 0 Å². The normalized spacial score (nSPS) is 20.1. The molecule has 1 unspecified atom stereocenters. The van der Waals surface area contributed by atoms with E-state index in [4.69, 9.17) is 5.73 Å². The number of rotatable bonds is 2. The van der Waals surface area contributed by atoms with Gasteiger partial charge in [-0.25, -0.2) is 0 Å². The van der Waals surface area contributed by atoms with Crippen LogP contribution in [0.2, 0.25) is 0 Å². The highest BCUT2D eigenvalue weighted by Gasteiger charge is 2.31. The van der Waals surface area contributed by atoms with Gasteiger partial charge in [-0.05, 0) is 43.9 Å². The summed E-state index contributed by atoms with van der Waals surface area (Å²) in [5, 5.41) is 0. The van der Waals surface area contributed by atoms with Crippen LogP contribution in [0.5, 0.6) is 0 Å². The molecule has 3 heteroatoms. The number of carbonyl (C=O) groups is 1. The average Bonchev–Trinajstić information content (AvgIpc) is 2.65. The Hall–Kier alpha value is -1.51. The second kappa shape index (κ2) is 4.40. The van der Waals surface area contributed by atoms with Gasteiger partial charge in [0, 0.05) is 23.8 Å². The number of carbonyl (C=O) groups excluding carboxylic acids is 1. The Morgan fingerprint density at radius 3 is 2.65 bits per heavy atom. The van der Waals surface area contributed by atoms with E-state index in [-0.39, 0.29) is 11.8 Å². The van der Waals surface area contributed by atoms with E-state index in [1.165, 1.54) is 0 Å². The molecule has 1 fully saturated rings. The first-order chi connectivity index (χ1) is 8.04. The van der Waals surface area contributed by atoms with Gasteiger partial charge in [-0.15, -0.1) is 0 Å². The van der Waals surface area contributed by atoms with Crippen LogP contribution in [0.15, 0.2) is 12.1 Å². The zero-order valence-electron chi connectivity index (χ0n) is 10.8. The SMILES string of the molecule is CCC1CCN(c2cc(N)c(C)cc2C)C1=O. The second-order valence-corrected chi connectivity index (χ2v) is 4.88. The molecular weight excluding hydrogens is 212 g/mol. The third-order valence-electron chi connectivity index (χ3n) is 3.68. The lowest BCUT2D eigenvalue weighted by Gasteiger charge is -2.20. The monoisotopic (exact) mass is 232 g/mol. The minimum atomic E-state index is 0.192. The lowest BCUT2D eigenvalue weighted by molar-refractivity contribution is -0.120. The Bertz CT molecular complexity index is 454. The fourth-order valence-electron chi connectivity index (χ4n) is 2.50. The zero-order valence-corrected chi connectivity index (χ0v) is 10.8. The predicted molar refractivity (Wildman–Crippen MR) is 71.1 cm³/mol. The van der Waals surface area contributed by atoms with Crippen molar-refractivity contribution >= 4 is 17.3 Å². The minimum absolute atomic E-state index is 0.192. The van der Waals surface area contributed by atoms with Crippen LogP contribution in [0, 0.1) is 19.8 Å². The molecule has 0 spiro atoms. The van der Waals surface area contributed by atoms with Gasteiger partial charge in [-0.1, -0.05) is 13.0 Å². The van der Waals surface area contributed by atoms with Crippen molar-refractivity contribution in [3.63, 3.8) is 0 Å². The summed E-state index contributed by atoms with van der Waals surface area (Å²) in [6.45, 7) is 6.92. The van der Waals surface area contributed by atoms with Crippen molar-refractivity contribution in [2.75, 3.05) is 17.2 Å². The number of anilines is 2. The van der Waals surface area contributed by atoms with Crippen LogP contribution in [0.4, 0.5) is 11.4 Å².